The van der Waals surface area contributed by atoms with E-state index in [1.807, 2.05) is 4.90 Å². The van der Waals surface area contributed by atoms with E-state index >= 15 is 0 Å². The molecule has 2 heterocycles. The molecule has 0 saturated carbocycles. The maximum Gasteiger partial charge on any atom is 0.325 e. The minimum Gasteiger partial charge on any atom is -0.480 e. The van der Waals surface area contributed by atoms with Gasteiger partial charge in [0.25, 0.3) is 5.91 Å². The number of amides is 4. The highest BCUT2D eigenvalue weighted by atomic mass is 16.4. The van der Waals surface area contributed by atoms with Crippen molar-refractivity contribution in [2.24, 2.45) is 0 Å². The topological polar surface area (TPSA) is 119 Å². The Balaban J connectivity index is 2.00. The van der Waals surface area contributed by atoms with Crippen LogP contribution in [0.4, 0.5) is 4.79 Å². The van der Waals surface area contributed by atoms with Crippen LogP contribution in [-0.4, -0.2) is 77.5 Å². The fourth-order valence-corrected chi connectivity index (χ4v) is 2.67. The first-order chi connectivity index (χ1) is 9.88. The van der Waals surface area contributed by atoms with E-state index in [2.05, 4.69) is 10.6 Å². The molecule has 2 aliphatic heterocycles. The lowest BCUT2D eigenvalue weighted by atomic mass is 9.87. The highest BCUT2D eigenvalue weighted by Crippen LogP contribution is 2.29. The Morgan fingerprint density at radius 2 is 1.90 bits per heavy atom. The van der Waals surface area contributed by atoms with Gasteiger partial charge in [0, 0.05) is 20.1 Å². The summed E-state index contributed by atoms with van der Waals surface area (Å²) in [6.07, 6.45) is 0.732. The molecular formula is C12H18N4O5. The zero-order chi connectivity index (χ0) is 15.6. The fraction of sp³-hybridized carbons (Fsp3) is 0.667. The van der Waals surface area contributed by atoms with E-state index in [9.17, 15) is 19.2 Å². The van der Waals surface area contributed by atoms with Gasteiger partial charge >= 0.3 is 12.0 Å². The number of nitrogens with one attached hydrogen (secondary N) is 2. The van der Waals surface area contributed by atoms with Gasteiger partial charge in [-0.2, -0.15) is 0 Å². The predicted octanol–water partition coefficient (Wildman–Crippen LogP) is -1.80. The van der Waals surface area contributed by atoms with Gasteiger partial charge in [-0.25, -0.2) is 4.79 Å². The van der Waals surface area contributed by atoms with E-state index in [1.54, 1.807) is 7.05 Å². The molecule has 0 aliphatic carbocycles. The first-order valence-electron chi connectivity index (χ1n) is 6.67. The van der Waals surface area contributed by atoms with Crippen LogP contribution in [0.3, 0.4) is 0 Å². The average Bonchev–Trinajstić information content (AvgIpc) is 2.66. The minimum atomic E-state index is -1.23. The van der Waals surface area contributed by atoms with E-state index in [0.29, 0.717) is 25.9 Å². The SMILES string of the molecule is CNC(=O)CN1CCC2(CC1)NC(=O)N(CC(=O)O)C2=O. The molecule has 0 radical (unpaired) electrons. The Bertz CT molecular complexity index is 484. The molecule has 9 nitrogen and oxygen atoms in total. The number of carboxylic acid groups (broad SMARTS) is 1. The smallest absolute Gasteiger partial charge is 0.325 e. The third kappa shape index (κ3) is 2.97. The molecule has 116 valence electrons. The summed E-state index contributed by atoms with van der Waals surface area (Å²) in [6, 6.07) is -0.665. The van der Waals surface area contributed by atoms with Gasteiger partial charge in [-0.05, 0) is 12.8 Å². The number of aliphatic carboxylic acids is 1. The lowest BCUT2D eigenvalue weighted by Crippen LogP contribution is -2.56. The lowest BCUT2D eigenvalue weighted by molar-refractivity contribution is -0.143. The molecule has 0 aromatic rings. The van der Waals surface area contributed by atoms with E-state index < -0.39 is 30.0 Å². The molecule has 0 atom stereocenters. The lowest BCUT2D eigenvalue weighted by Gasteiger charge is -2.36. The molecule has 3 N–H and O–H groups in total. The highest BCUT2D eigenvalue weighted by Gasteiger charge is 2.52. The molecule has 2 rings (SSSR count). The molecule has 0 aromatic heterocycles. The number of piperidine rings is 1. The molecule has 0 aromatic carbocycles. The van der Waals surface area contributed by atoms with Crippen molar-refractivity contribution in [1.29, 1.82) is 0 Å². The van der Waals surface area contributed by atoms with E-state index in [-0.39, 0.29) is 12.5 Å². The molecule has 1 spiro atoms. The second kappa shape index (κ2) is 5.68. The summed E-state index contributed by atoms with van der Waals surface area (Å²) < 4.78 is 0. The molecule has 2 saturated heterocycles. The number of urea groups is 1. The number of hydrogen-bond acceptors (Lipinski definition) is 5. The number of carbonyl (C=O) groups is 4. The summed E-state index contributed by atoms with van der Waals surface area (Å²) in [5.74, 6) is -1.83. The Morgan fingerprint density at radius 1 is 1.29 bits per heavy atom. The monoisotopic (exact) mass is 298 g/mol. The zero-order valence-electron chi connectivity index (χ0n) is 11.7. The molecule has 0 unspecified atom stereocenters. The van der Waals surface area contributed by atoms with Crippen molar-refractivity contribution in [2.45, 2.75) is 18.4 Å². The van der Waals surface area contributed by atoms with Crippen molar-refractivity contribution in [3.05, 3.63) is 0 Å². The van der Waals surface area contributed by atoms with Crippen molar-refractivity contribution in [2.75, 3.05) is 33.2 Å². The van der Waals surface area contributed by atoms with Crippen molar-refractivity contribution < 1.29 is 24.3 Å². The number of carbonyl (C=O) groups excluding carboxylic acids is 3. The van der Waals surface area contributed by atoms with Crippen molar-refractivity contribution in [1.82, 2.24) is 20.4 Å². The van der Waals surface area contributed by atoms with Crippen molar-refractivity contribution >= 4 is 23.8 Å². The maximum absolute atomic E-state index is 12.3. The quantitative estimate of drug-likeness (QED) is 0.527. The Hall–Kier alpha value is -2.16. The number of likely N-dealkylation sites (tertiary alicyclic amines) is 1. The van der Waals surface area contributed by atoms with Gasteiger partial charge in [0.05, 0.1) is 6.54 Å². The third-order valence-corrected chi connectivity index (χ3v) is 3.89. The first kappa shape index (κ1) is 15.2. The summed E-state index contributed by atoms with van der Waals surface area (Å²) in [4.78, 5) is 48.7. The Morgan fingerprint density at radius 3 is 2.43 bits per heavy atom. The van der Waals surface area contributed by atoms with Gasteiger partial charge in [0.1, 0.15) is 12.1 Å². The van der Waals surface area contributed by atoms with Crippen LogP contribution >= 0.6 is 0 Å². The second-order valence-corrected chi connectivity index (χ2v) is 5.25. The molecule has 9 heteroatoms. The second-order valence-electron chi connectivity index (χ2n) is 5.25. The normalized spacial score (nSPS) is 21.5. The summed E-state index contributed by atoms with van der Waals surface area (Å²) >= 11 is 0. The van der Waals surface area contributed by atoms with Gasteiger partial charge in [0.15, 0.2) is 0 Å². The molecule has 2 aliphatic rings. The van der Waals surface area contributed by atoms with Crippen LogP contribution in [0.25, 0.3) is 0 Å². The van der Waals surface area contributed by atoms with Crippen LogP contribution in [0.15, 0.2) is 0 Å². The van der Waals surface area contributed by atoms with Gasteiger partial charge < -0.3 is 15.7 Å². The van der Waals surface area contributed by atoms with E-state index in [4.69, 9.17) is 5.11 Å². The highest BCUT2D eigenvalue weighted by molar-refractivity contribution is 6.08. The standard InChI is InChI=1S/C12H18N4O5/c1-13-8(17)6-15-4-2-12(3-5-15)10(20)16(7-9(18)19)11(21)14-12/h2-7H2,1H3,(H,13,17)(H,14,21)(H,18,19). The van der Waals surface area contributed by atoms with Gasteiger partial charge in [-0.15, -0.1) is 0 Å². The van der Waals surface area contributed by atoms with Gasteiger partial charge in [0.2, 0.25) is 5.91 Å². The largest absolute Gasteiger partial charge is 0.480 e. The number of likely N-dealkylation sites (N-methyl/N-ethyl adjacent to an activating group) is 1. The Kier molecular flexibility index (Phi) is 4.12. The van der Waals surface area contributed by atoms with Crippen LogP contribution in [0.5, 0.6) is 0 Å². The number of carboxylic acids is 1. The van der Waals surface area contributed by atoms with Crippen LogP contribution in [-0.2, 0) is 14.4 Å². The van der Waals surface area contributed by atoms with Crippen molar-refractivity contribution in [3.63, 3.8) is 0 Å². The molecule has 4 amide bonds. The molecular weight excluding hydrogens is 280 g/mol. The third-order valence-electron chi connectivity index (χ3n) is 3.89. The van der Waals surface area contributed by atoms with Crippen molar-refractivity contribution in [3.8, 4) is 0 Å². The summed E-state index contributed by atoms with van der Waals surface area (Å²) in [7, 11) is 1.55. The molecule has 0 bridgehead atoms. The number of imide groups is 1. The number of nitrogens with zero attached hydrogens (tertiary/aromatic N) is 2. The van der Waals surface area contributed by atoms with Gasteiger partial charge in [-0.1, -0.05) is 0 Å². The summed E-state index contributed by atoms with van der Waals surface area (Å²) in [6.45, 7) is 0.586. The Labute approximate surface area is 121 Å². The molecule has 21 heavy (non-hydrogen) atoms. The van der Waals surface area contributed by atoms with Crippen LogP contribution in [0, 0.1) is 0 Å². The van der Waals surface area contributed by atoms with Crippen LogP contribution in [0.2, 0.25) is 0 Å². The van der Waals surface area contributed by atoms with Crippen LogP contribution < -0.4 is 10.6 Å². The van der Waals surface area contributed by atoms with Crippen LogP contribution in [0.1, 0.15) is 12.8 Å². The maximum atomic E-state index is 12.3. The first-order valence-corrected chi connectivity index (χ1v) is 6.67. The van der Waals surface area contributed by atoms with Gasteiger partial charge in [-0.3, -0.25) is 24.2 Å². The average molecular weight is 298 g/mol. The minimum absolute atomic E-state index is 0.111. The fourth-order valence-electron chi connectivity index (χ4n) is 2.67. The summed E-state index contributed by atoms with van der Waals surface area (Å²) in [5, 5.41) is 13.9. The zero-order valence-corrected chi connectivity index (χ0v) is 11.7. The molecule has 2 fully saturated rings. The number of hydrogen-bond donors (Lipinski definition) is 3. The van der Waals surface area contributed by atoms with E-state index in [1.165, 1.54) is 0 Å². The predicted molar refractivity (Wildman–Crippen MR) is 70.4 cm³/mol. The number of rotatable bonds is 4. The van der Waals surface area contributed by atoms with E-state index in [0.717, 1.165) is 4.90 Å². The summed E-state index contributed by atoms with van der Waals surface area (Å²) in [5.41, 5.74) is -1.02.